The molecule has 0 saturated carbocycles. The van der Waals surface area contributed by atoms with Gasteiger partial charge >= 0.3 is 0 Å². The van der Waals surface area contributed by atoms with Crippen LogP contribution in [0.2, 0.25) is 0 Å². The van der Waals surface area contributed by atoms with Crippen LogP contribution in [0.4, 0.5) is 0 Å². The maximum atomic E-state index is 5.55. The Morgan fingerprint density at radius 1 is 1.27 bits per heavy atom. The number of piperazine rings is 1. The molecule has 1 aliphatic heterocycles. The van der Waals surface area contributed by atoms with Crippen molar-refractivity contribution in [3.63, 3.8) is 0 Å². The first kappa shape index (κ1) is 18.6. The van der Waals surface area contributed by atoms with E-state index in [2.05, 4.69) is 32.4 Å². The van der Waals surface area contributed by atoms with Gasteiger partial charge in [0.05, 0.1) is 29.9 Å². The first-order valence-electron chi connectivity index (χ1n) is 8.36. The molecule has 4 rings (SSSR count). The molecule has 0 bridgehead atoms. The van der Waals surface area contributed by atoms with Crippen LogP contribution in [0.15, 0.2) is 28.8 Å². The van der Waals surface area contributed by atoms with Gasteiger partial charge in [0, 0.05) is 31.1 Å². The van der Waals surface area contributed by atoms with E-state index < -0.39 is 0 Å². The SMILES string of the molecule is COc1ccc2cc(-c3nc(C4CNCCN4C)no3)c(C)nc2c1.Cl. The van der Waals surface area contributed by atoms with Crippen molar-refractivity contribution < 1.29 is 9.26 Å². The molecule has 3 aromatic rings. The number of hydrogen-bond acceptors (Lipinski definition) is 7. The number of fused-ring (bicyclic) bond motifs is 1. The maximum Gasteiger partial charge on any atom is 0.259 e. The number of nitrogens with one attached hydrogen (secondary N) is 1. The van der Waals surface area contributed by atoms with Crippen LogP contribution in [0.5, 0.6) is 5.75 Å². The number of likely N-dealkylation sites (N-methyl/N-ethyl adjacent to an activating group) is 1. The van der Waals surface area contributed by atoms with Crippen molar-refractivity contribution in [2.45, 2.75) is 13.0 Å². The predicted molar refractivity (Wildman–Crippen MR) is 102 cm³/mol. The minimum absolute atomic E-state index is 0. The van der Waals surface area contributed by atoms with Gasteiger partial charge in [0.25, 0.3) is 5.89 Å². The lowest BCUT2D eigenvalue weighted by molar-refractivity contribution is 0.190. The van der Waals surface area contributed by atoms with E-state index in [9.17, 15) is 0 Å². The van der Waals surface area contributed by atoms with Gasteiger partial charge in [-0.1, -0.05) is 5.16 Å². The standard InChI is InChI=1S/C18H21N5O2.ClH/c1-11-14(8-12-4-5-13(24-3)9-15(12)20-11)18-21-17(22-25-18)16-10-19-6-7-23(16)2;/h4-5,8-9,16,19H,6-7,10H2,1-3H3;1H. The summed E-state index contributed by atoms with van der Waals surface area (Å²) in [5, 5.41) is 8.58. The third-order valence-corrected chi connectivity index (χ3v) is 4.70. The predicted octanol–water partition coefficient (Wildman–Crippen LogP) is 2.60. The quantitative estimate of drug-likeness (QED) is 0.753. The summed E-state index contributed by atoms with van der Waals surface area (Å²) in [5.41, 5.74) is 2.60. The number of ether oxygens (including phenoxy) is 1. The fourth-order valence-corrected chi connectivity index (χ4v) is 3.16. The number of aromatic nitrogens is 3. The van der Waals surface area contributed by atoms with E-state index in [0.717, 1.165) is 47.5 Å². The van der Waals surface area contributed by atoms with Crippen molar-refractivity contribution in [2.75, 3.05) is 33.8 Å². The monoisotopic (exact) mass is 375 g/mol. The Balaban J connectivity index is 0.00000196. The second-order valence-electron chi connectivity index (χ2n) is 6.34. The van der Waals surface area contributed by atoms with Gasteiger partial charge in [-0.3, -0.25) is 9.88 Å². The van der Waals surface area contributed by atoms with Gasteiger partial charge in [0.15, 0.2) is 5.82 Å². The van der Waals surface area contributed by atoms with Gasteiger partial charge in [-0.15, -0.1) is 12.4 Å². The van der Waals surface area contributed by atoms with E-state index in [4.69, 9.17) is 9.26 Å². The van der Waals surface area contributed by atoms with Gasteiger partial charge in [0.1, 0.15) is 5.75 Å². The van der Waals surface area contributed by atoms with E-state index in [1.165, 1.54) is 0 Å². The highest BCUT2D eigenvalue weighted by Crippen LogP contribution is 2.28. The van der Waals surface area contributed by atoms with Crippen molar-refractivity contribution in [1.29, 1.82) is 0 Å². The molecule has 138 valence electrons. The van der Waals surface area contributed by atoms with Crippen molar-refractivity contribution >= 4 is 23.3 Å². The summed E-state index contributed by atoms with van der Waals surface area (Å²) >= 11 is 0. The molecule has 1 aliphatic rings. The van der Waals surface area contributed by atoms with Crippen LogP contribution in [0.25, 0.3) is 22.4 Å². The highest BCUT2D eigenvalue weighted by molar-refractivity contribution is 5.85. The molecule has 1 unspecified atom stereocenters. The smallest absolute Gasteiger partial charge is 0.259 e. The van der Waals surface area contributed by atoms with Crippen molar-refractivity contribution in [3.05, 3.63) is 35.8 Å². The molecule has 2 aromatic heterocycles. The summed E-state index contributed by atoms with van der Waals surface area (Å²) in [7, 11) is 3.73. The van der Waals surface area contributed by atoms with Crippen LogP contribution in [0.3, 0.4) is 0 Å². The molecule has 0 spiro atoms. The molecule has 8 heteroatoms. The number of hydrogen-bond donors (Lipinski definition) is 1. The Kier molecular flexibility index (Phi) is 5.41. The summed E-state index contributed by atoms with van der Waals surface area (Å²) in [6, 6.07) is 8.00. The fraction of sp³-hybridized carbons (Fsp3) is 0.389. The molecule has 7 nitrogen and oxygen atoms in total. The molecule has 3 heterocycles. The molecule has 0 aliphatic carbocycles. The number of aryl methyl sites for hydroxylation is 1. The summed E-state index contributed by atoms with van der Waals surface area (Å²) in [4.78, 5) is 11.5. The molecular formula is C18H22ClN5O2. The lowest BCUT2D eigenvalue weighted by Crippen LogP contribution is -2.44. The van der Waals surface area contributed by atoms with Crippen LogP contribution in [0.1, 0.15) is 17.6 Å². The number of nitrogens with zero attached hydrogens (tertiary/aromatic N) is 4. The number of benzene rings is 1. The molecule has 1 N–H and O–H groups in total. The number of pyridine rings is 1. The number of halogens is 1. The van der Waals surface area contributed by atoms with E-state index in [0.29, 0.717) is 11.7 Å². The van der Waals surface area contributed by atoms with E-state index >= 15 is 0 Å². The highest BCUT2D eigenvalue weighted by atomic mass is 35.5. The topological polar surface area (TPSA) is 76.3 Å². The Hall–Kier alpha value is -2.22. The molecule has 26 heavy (non-hydrogen) atoms. The number of rotatable bonds is 3. The van der Waals surface area contributed by atoms with Crippen LogP contribution in [-0.2, 0) is 0 Å². The van der Waals surface area contributed by atoms with Crippen LogP contribution in [0, 0.1) is 6.92 Å². The van der Waals surface area contributed by atoms with Crippen molar-refractivity contribution in [1.82, 2.24) is 25.3 Å². The van der Waals surface area contributed by atoms with Gasteiger partial charge < -0.3 is 14.6 Å². The molecule has 0 radical (unpaired) electrons. The first-order chi connectivity index (χ1) is 12.2. The summed E-state index contributed by atoms with van der Waals surface area (Å²) in [5.74, 6) is 2.01. The largest absolute Gasteiger partial charge is 0.497 e. The third-order valence-electron chi connectivity index (χ3n) is 4.70. The van der Waals surface area contributed by atoms with Gasteiger partial charge in [-0.2, -0.15) is 4.98 Å². The Morgan fingerprint density at radius 3 is 2.88 bits per heavy atom. The Bertz CT molecular complexity index is 914. The zero-order valence-electron chi connectivity index (χ0n) is 15.0. The molecule has 1 fully saturated rings. The molecule has 1 aromatic carbocycles. The van der Waals surface area contributed by atoms with Crippen LogP contribution >= 0.6 is 12.4 Å². The second-order valence-corrected chi connectivity index (χ2v) is 6.34. The third kappa shape index (κ3) is 3.38. The Labute approximate surface area is 158 Å². The molecule has 1 saturated heterocycles. The lowest BCUT2D eigenvalue weighted by Gasteiger charge is -2.30. The summed E-state index contributed by atoms with van der Waals surface area (Å²) in [6.45, 7) is 4.72. The van der Waals surface area contributed by atoms with Gasteiger partial charge in [0.2, 0.25) is 0 Å². The van der Waals surface area contributed by atoms with Crippen LogP contribution < -0.4 is 10.1 Å². The van der Waals surface area contributed by atoms with Crippen molar-refractivity contribution in [3.8, 4) is 17.2 Å². The molecular weight excluding hydrogens is 354 g/mol. The highest BCUT2D eigenvalue weighted by Gasteiger charge is 2.26. The Morgan fingerprint density at radius 2 is 2.12 bits per heavy atom. The lowest BCUT2D eigenvalue weighted by atomic mass is 10.1. The molecule has 0 amide bonds. The van der Waals surface area contributed by atoms with E-state index in [1.54, 1.807) is 7.11 Å². The molecule has 1 atom stereocenters. The first-order valence-corrected chi connectivity index (χ1v) is 8.36. The van der Waals surface area contributed by atoms with E-state index in [-0.39, 0.29) is 18.4 Å². The minimum atomic E-state index is 0. The second kappa shape index (κ2) is 7.57. The average Bonchev–Trinajstić information content (AvgIpc) is 3.10. The van der Waals surface area contributed by atoms with Gasteiger partial charge in [-0.05, 0) is 32.2 Å². The summed E-state index contributed by atoms with van der Waals surface area (Å²) in [6.07, 6.45) is 0. The number of methoxy groups -OCH3 is 1. The van der Waals surface area contributed by atoms with E-state index in [1.807, 2.05) is 31.2 Å². The minimum Gasteiger partial charge on any atom is -0.497 e. The van der Waals surface area contributed by atoms with Crippen molar-refractivity contribution in [2.24, 2.45) is 0 Å². The van der Waals surface area contributed by atoms with Crippen LogP contribution in [-0.4, -0.2) is 53.8 Å². The average molecular weight is 376 g/mol. The summed E-state index contributed by atoms with van der Waals surface area (Å²) < 4.78 is 10.8. The fourth-order valence-electron chi connectivity index (χ4n) is 3.16. The zero-order valence-corrected chi connectivity index (χ0v) is 15.8. The maximum absolute atomic E-state index is 5.55. The zero-order chi connectivity index (χ0) is 17.4. The van der Waals surface area contributed by atoms with Gasteiger partial charge in [-0.25, -0.2) is 0 Å². The normalized spacial score (nSPS) is 17.9.